The molecule has 13 heavy (non-hydrogen) atoms. The van der Waals surface area contributed by atoms with Crippen LogP contribution in [0.15, 0.2) is 12.1 Å². The predicted octanol–water partition coefficient (Wildman–Crippen LogP) is 0.698. The number of ether oxygens (including phenoxy) is 1. The first-order chi connectivity index (χ1) is 6.35. The highest BCUT2D eigenvalue weighted by molar-refractivity contribution is 5.78. The summed E-state index contributed by atoms with van der Waals surface area (Å²) >= 11 is 0. The van der Waals surface area contributed by atoms with Crippen molar-refractivity contribution in [2.45, 2.75) is 0 Å². The summed E-state index contributed by atoms with van der Waals surface area (Å²) in [6, 6.07) is 3.13. The fraction of sp³-hybridized carbons (Fsp3) is 0.125. The molecule has 0 saturated heterocycles. The van der Waals surface area contributed by atoms with Crippen LogP contribution in [0.25, 0.3) is 0 Å². The average molecular weight is 181 g/mol. The summed E-state index contributed by atoms with van der Waals surface area (Å²) in [5.74, 6) is 1.36. The first-order valence-corrected chi connectivity index (χ1v) is 3.61. The van der Waals surface area contributed by atoms with E-state index in [0.29, 0.717) is 29.1 Å². The number of carbonyl (C=O) groups is 1. The molecule has 0 fully saturated rings. The summed E-state index contributed by atoms with van der Waals surface area (Å²) < 4.78 is 5.00. The van der Waals surface area contributed by atoms with E-state index >= 15 is 0 Å². The zero-order valence-corrected chi connectivity index (χ0v) is 6.87. The van der Waals surface area contributed by atoms with Crippen LogP contribution in [0.1, 0.15) is 10.4 Å². The van der Waals surface area contributed by atoms with Crippen LogP contribution in [0.3, 0.4) is 0 Å². The number of methoxy groups -OCH3 is 1. The van der Waals surface area contributed by atoms with Crippen LogP contribution in [0.2, 0.25) is 0 Å². The summed E-state index contributed by atoms with van der Waals surface area (Å²) in [4.78, 5) is 20.3. The Labute approximate surface area is 74.1 Å². The predicted molar refractivity (Wildman–Crippen MR) is 42.8 cm³/mol. The van der Waals surface area contributed by atoms with Crippen molar-refractivity contribution < 1.29 is 19.2 Å². The molecule has 2 rings (SSSR count). The molecular formula is C8H7NO4. The van der Waals surface area contributed by atoms with Gasteiger partial charge in [0.25, 0.3) is 0 Å². The van der Waals surface area contributed by atoms with Crippen molar-refractivity contribution in [3.05, 3.63) is 17.7 Å². The van der Waals surface area contributed by atoms with E-state index in [2.05, 4.69) is 5.64 Å². The summed E-state index contributed by atoms with van der Waals surface area (Å²) in [7, 11) is 1.49. The van der Waals surface area contributed by atoms with Crippen molar-refractivity contribution in [2.24, 2.45) is 0 Å². The highest BCUT2D eigenvalue weighted by Gasteiger charge is 2.20. The smallest absolute Gasteiger partial charge is 0.237 e. The maximum atomic E-state index is 10.5. The number of rotatable bonds is 2. The first-order valence-electron chi connectivity index (χ1n) is 3.61. The van der Waals surface area contributed by atoms with Crippen molar-refractivity contribution in [3.8, 4) is 17.2 Å². The fourth-order valence-electron chi connectivity index (χ4n) is 1.10. The van der Waals surface area contributed by atoms with E-state index in [1.165, 1.54) is 7.11 Å². The third kappa shape index (κ3) is 1.19. The van der Waals surface area contributed by atoms with Crippen LogP contribution in [0.5, 0.6) is 17.2 Å². The molecule has 1 aliphatic heterocycles. The lowest BCUT2D eigenvalue weighted by Gasteiger charge is -2.02. The van der Waals surface area contributed by atoms with Gasteiger partial charge in [0.1, 0.15) is 6.29 Å². The number of hydrogen-bond donors (Lipinski definition) is 1. The molecule has 1 N–H and O–H groups in total. The van der Waals surface area contributed by atoms with Crippen LogP contribution in [0.4, 0.5) is 0 Å². The van der Waals surface area contributed by atoms with E-state index in [1.807, 2.05) is 0 Å². The van der Waals surface area contributed by atoms with Gasteiger partial charge in [-0.15, -0.1) is 0 Å². The first kappa shape index (κ1) is 7.88. The zero-order chi connectivity index (χ0) is 9.26. The average Bonchev–Trinajstić information content (AvgIpc) is 2.63. The second-order valence-electron chi connectivity index (χ2n) is 2.46. The quantitative estimate of drug-likeness (QED) is 0.680. The van der Waals surface area contributed by atoms with E-state index < -0.39 is 0 Å². The van der Waals surface area contributed by atoms with E-state index in [4.69, 9.17) is 14.4 Å². The summed E-state index contributed by atoms with van der Waals surface area (Å²) in [5.41, 5.74) is 2.69. The van der Waals surface area contributed by atoms with Gasteiger partial charge in [0, 0.05) is 11.2 Å². The molecule has 5 heteroatoms. The van der Waals surface area contributed by atoms with Crippen LogP contribution < -0.4 is 20.1 Å². The minimum absolute atomic E-state index is 0.446. The second kappa shape index (κ2) is 2.95. The van der Waals surface area contributed by atoms with Crippen molar-refractivity contribution >= 4 is 6.29 Å². The van der Waals surface area contributed by atoms with Gasteiger partial charge in [0.15, 0.2) is 5.75 Å². The van der Waals surface area contributed by atoms with Crippen molar-refractivity contribution in [2.75, 3.05) is 7.11 Å². The van der Waals surface area contributed by atoms with Gasteiger partial charge in [0.2, 0.25) is 11.5 Å². The second-order valence-corrected chi connectivity index (χ2v) is 2.46. The van der Waals surface area contributed by atoms with E-state index in [1.54, 1.807) is 12.1 Å². The molecule has 5 nitrogen and oxygen atoms in total. The Morgan fingerprint density at radius 2 is 2.31 bits per heavy atom. The molecule has 1 aromatic rings. The third-order valence-electron chi connectivity index (χ3n) is 1.69. The number of benzene rings is 1. The third-order valence-corrected chi connectivity index (χ3v) is 1.69. The molecule has 68 valence electrons. The molecule has 0 aliphatic carbocycles. The molecule has 1 aromatic carbocycles. The maximum absolute atomic E-state index is 10.5. The van der Waals surface area contributed by atoms with Crippen LogP contribution in [-0.2, 0) is 0 Å². The van der Waals surface area contributed by atoms with Crippen molar-refractivity contribution in [1.82, 2.24) is 5.64 Å². The zero-order valence-electron chi connectivity index (χ0n) is 6.87. The molecule has 0 spiro atoms. The van der Waals surface area contributed by atoms with Crippen LogP contribution in [0, 0.1) is 0 Å². The standard InChI is InChI=1S/C8H7NO4/c1-11-6-2-5(4-10)3-7-8(6)13-9-12-7/h2-4,9H,1H3. The Kier molecular flexibility index (Phi) is 1.79. The Bertz CT molecular complexity index is 350. The molecule has 0 saturated carbocycles. The fourth-order valence-corrected chi connectivity index (χ4v) is 1.10. The molecule has 1 heterocycles. The summed E-state index contributed by atoms with van der Waals surface area (Å²) in [6.07, 6.45) is 0.713. The summed E-state index contributed by atoms with van der Waals surface area (Å²) in [5, 5.41) is 0. The molecule has 1 aliphatic rings. The highest BCUT2D eigenvalue weighted by atomic mass is 16.9. The monoisotopic (exact) mass is 181 g/mol. The highest BCUT2D eigenvalue weighted by Crippen LogP contribution is 2.39. The van der Waals surface area contributed by atoms with Gasteiger partial charge < -0.3 is 14.4 Å². The van der Waals surface area contributed by atoms with Crippen molar-refractivity contribution in [1.29, 1.82) is 0 Å². The molecule has 0 radical (unpaired) electrons. The van der Waals surface area contributed by atoms with Gasteiger partial charge in [-0.2, -0.15) is 0 Å². The Morgan fingerprint density at radius 3 is 3.00 bits per heavy atom. The number of fused-ring (bicyclic) bond motifs is 1. The Balaban J connectivity index is 2.55. The van der Waals surface area contributed by atoms with Gasteiger partial charge in [0.05, 0.1) is 7.11 Å². The van der Waals surface area contributed by atoms with Gasteiger partial charge in [-0.05, 0) is 12.1 Å². The lowest BCUT2D eigenvalue weighted by Crippen LogP contribution is -2.14. The van der Waals surface area contributed by atoms with E-state index in [-0.39, 0.29) is 0 Å². The van der Waals surface area contributed by atoms with Gasteiger partial charge in [-0.3, -0.25) is 4.79 Å². The van der Waals surface area contributed by atoms with Crippen LogP contribution in [-0.4, -0.2) is 13.4 Å². The van der Waals surface area contributed by atoms with Gasteiger partial charge >= 0.3 is 0 Å². The number of aldehydes is 1. The van der Waals surface area contributed by atoms with E-state index in [0.717, 1.165) is 0 Å². The Morgan fingerprint density at radius 1 is 1.46 bits per heavy atom. The molecule has 0 atom stereocenters. The van der Waals surface area contributed by atoms with Crippen LogP contribution >= 0.6 is 0 Å². The lowest BCUT2D eigenvalue weighted by atomic mass is 10.2. The molecular weight excluding hydrogens is 174 g/mol. The number of carbonyl (C=O) groups excluding carboxylic acids is 1. The number of nitrogens with one attached hydrogen (secondary N) is 1. The van der Waals surface area contributed by atoms with Gasteiger partial charge in [-0.1, -0.05) is 0 Å². The van der Waals surface area contributed by atoms with Crippen molar-refractivity contribution in [3.63, 3.8) is 0 Å². The molecule has 0 unspecified atom stereocenters. The Hall–Kier alpha value is -1.75. The lowest BCUT2D eigenvalue weighted by molar-refractivity contribution is 0.0247. The normalized spacial score (nSPS) is 12.7. The molecule has 0 bridgehead atoms. The minimum Gasteiger partial charge on any atom is -0.493 e. The summed E-state index contributed by atoms with van der Waals surface area (Å²) in [6.45, 7) is 0. The maximum Gasteiger partial charge on any atom is 0.237 e. The largest absolute Gasteiger partial charge is 0.493 e. The van der Waals surface area contributed by atoms with E-state index in [9.17, 15) is 4.79 Å². The number of hydrogen-bond acceptors (Lipinski definition) is 5. The SMILES string of the molecule is COc1cc(C=O)cc2c1ONO2. The topological polar surface area (TPSA) is 56.8 Å². The van der Waals surface area contributed by atoms with Gasteiger partial charge in [-0.25, -0.2) is 0 Å². The molecule has 0 amide bonds. The minimum atomic E-state index is 0.446. The molecule has 0 aromatic heterocycles.